The summed E-state index contributed by atoms with van der Waals surface area (Å²) >= 11 is 15.5. The van der Waals surface area contributed by atoms with Crippen LogP contribution in [-0.2, 0) is 0 Å². The zero-order valence-electron chi connectivity index (χ0n) is 9.96. The molecule has 0 aliphatic carbocycles. The summed E-state index contributed by atoms with van der Waals surface area (Å²) in [5.74, 6) is 0.193. The lowest BCUT2D eigenvalue weighted by atomic mass is 10.0. The molecule has 0 amide bonds. The topological polar surface area (TPSA) is 9.23 Å². The van der Waals surface area contributed by atoms with E-state index in [-0.39, 0.29) is 5.82 Å². The van der Waals surface area contributed by atoms with E-state index in [1.807, 2.05) is 0 Å². The Morgan fingerprint density at radius 3 is 2.63 bits per heavy atom. The second kappa shape index (κ2) is 6.12. The Balaban J connectivity index is 2.41. The summed E-state index contributed by atoms with van der Waals surface area (Å²) in [5, 5.41) is -0.165. The van der Waals surface area contributed by atoms with E-state index in [1.54, 1.807) is 36.4 Å². The molecule has 0 spiro atoms. The summed E-state index contributed by atoms with van der Waals surface area (Å²) in [6.45, 7) is 0. The van der Waals surface area contributed by atoms with Crippen molar-refractivity contribution in [3.63, 3.8) is 0 Å². The van der Waals surface area contributed by atoms with E-state index in [2.05, 4.69) is 15.9 Å². The summed E-state index contributed by atoms with van der Waals surface area (Å²) in [4.78, 5) is 0. The molecule has 2 rings (SSSR count). The predicted molar refractivity (Wildman–Crippen MR) is 79.8 cm³/mol. The van der Waals surface area contributed by atoms with Gasteiger partial charge >= 0.3 is 0 Å². The lowest BCUT2D eigenvalue weighted by molar-refractivity contribution is 0.415. The summed E-state index contributed by atoms with van der Waals surface area (Å²) in [6.07, 6.45) is 0. The molecule has 1 nitrogen and oxygen atoms in total. The van der Waals surface area contributed by atoms with Gasteiger partial charge in [0.05, 0.1) is 22.0 Å². The third-order valence-corrected chi connectivity index (χ3v) is 4.12. The second-order valence-electron chi connectivity index (χ2n) is 3.90. The fourth-order valence-electron chi connectivity index (χ4n) is 1.74. The minimum absolute atomic E-state index is 0.366. The van der Waals surface area contributed by atoms with E-state index < -0.39 is 5.38 Å². The van der Waals surface area contributed by atoms with Gasteiger partial charge in [-0.2, -0.15) is 0 Å². The Hall–Kier alpha value is -0.770. The molecule has 0 aliphatic heterocycles. The normalized spacial score (nSPS) is 12.3. The van der Waals surface area contributed by atoms with Crippen molar-refractivity contribution < 1.29 is 9.13 Å². The highest BCUT2D eigenvalue weighted by molar-refractivity contribution is 9.10. The standard InChI is InChI=1S/C14H10BrCl2FO/c1-19-12-6-5-8(7-11(12)16)13(17)9-3-2-4-10(15)14(9)18/h2-7,13H,1H3. The third kappa shape index (κ3) is 3.04. The van der Waals surface area contributed by atoms with Crippen LogP contribution in [0, 0.1) is 5.82 Å². The molecule has 0 aromatic heterocycles. The van der Waals surface area contributed by atoms with Gasteiger partial charge in [-0.05, 0) is 39.7 Å². The minimum Gasteiger partial charge on any atom is -0.495 e. The van der Waals surface area contributed by atoms with Crippen molar-refractivity contribution in [1.29, 1.82) is 0 Å². The lowest BCUT2D eigenvalue weighted by Gasteiger charge is -2.13. The van der Waals surface area contributed by atoms with Crippen LogP contribution in [0.1, 0.15) is 16.5 Å². The maximum Gasteiger partial charge on any atom is 0.142 e. The van der Waals surface area contributed by atoms with E-state index in [0.29, 0.717) is 26.4 Å². The van der Waals surface area contributed by atoms with Gasteiger partial charge in [0.1, 0.15) is 11.6 Å². The number of alkyl halides is 1. The first-order valence-electron chi connectivity index (χ1n) is 5.46. The van der Waals surface area contributed by atoms with Crippen LogP contribution >= 0.6 is 39.1 Å². The summed E-state index contributed by atoms with van der Waals surface area (Å²) in [5.41, 5.74) is 1.11. The van der Waals surface area contributed by atoms with Gasteiger partial charge in [0.2, 0.25) is 0 Å². The van der Waals surface area contributed by atoms with Gasteiger partial charge in [0, 0.05) is 5.56 Å². The van der Waals surface area contributed by atoms with Crippen molar-refractivity contribution in [1.82, 2.24) is 0 Å². The zero-order chi connectivity index (χ0) is 14.0. The Kier molecular flexibility index (Phi) is 4.71. The van der Waals surface area contributed by atoms with Crippen molar-refractivity contribution in [2.75, 3.05) is 7.11 Å². The Labute approximate surface area is 129 Å². The molecule has 0 saturated carbocycles. The highest BCUT2D eigenvalue weighted by Crippen LogP contribution is 2.36. The molecule has 100 valence electrons. The maximum atomic E-state index is 14.0. The van der Waals surface area contributed by atoms with E-state index in [4.69, 9.17) is 27.9 Å². The fraction of sp³-hybridized carbons (Fsp3) is 0.143. The number of halogens is 4. The molecule has 2 aromatic carbocycles. The van der Waals surface area contributed by atoms with Crippen LogP contribution in [0.4, 0.5) is 4.39 Å². The molecule has 0 N–H and O–H groups in total. The van der Waals surface area contributed by atoms with E-state index in [1.165, 1.54) is 7.11 Å². The molecule has 19 heavy (non-hydrogen) atoms. The number of methoxy groups -OCH3 is 1. The fourth-order valence-corrected chi connectivity index (χ4v) is 2.69. The molecule has 1 atom stereocenters. The van der Waals surface area contributed by atoms with Crippen molar-refractivity contribution >= 4 is 39.1 Å². The first kappa shape index (κ1) is 14.6. The second-order valence-corrected chi connectivity index (χ2v) is 5.60. The zero-order valence-corrected chi connectivity index (χ0v) is 13.1. The van der Waals surface area contributed by atoms with Crippen LogP contribution in [0.15, 0.2) is 40.9 Å². The predicted octanol–water partition coefficient (Wildman–Crippen LogP) is 5.58. The van der Waals surface area contributed by atoms with Crippen molar-refractivity contribution in [3.8, 4) is 5.75 Å². The molecule has 5 heteroatoms. The van der Waals surface area contributed by atoms with E-state index in [9.17, 15) is 4.39 Å². The van der Waals surface area contributed by atoms with Gasteiger partial charge in [0.15, 0.2) is 0 Å². The molecule has 2 aromatic rings. The Morgan fingerprint density at radius 1 is 1.26 bits per heavy atom. The average molecular weight is 364 g/mol. The quantitative estimate of drug-likeness (QED) is 0.647. The molecular weight excluding hydrogens is 354 g/mol. The van der Waals surface area contributed by atoms with Gasteiger partial charge in [-0.25, -0.2) is 4.39 Å². The summed E-state index contributed by atoms with van der Waals surface area (Å²) in [7, 11) is 1.53. The van der Waals surface area contributed by atoms with Crippen LogP contribution in [0.25, 0.3) is 0 Å². The smallest absolute Gasteiger partial charge is 0.142 e. The molecule has 0 bridgehead atoms. The Bertz CT molecular complexity index is 604. The SMILES string of the molecule is COc1ccc(C(Cl)c2cccc(Br)c2F)cc1Cl. The van der Waals surface area contributed by atoms with Gasteiger partial charge in [-0.15, -0.1) is 11.6 Å². The van der Waals surface area contributed by atoms with Crippen molar-refractivity contribution in [2.24, 2.45) is 0 Å². The van der Waals surface area contributed by atoms with Crippen LogP contribution in [-0.4, -0.2) is 7.11 Å². The van der Waals surface area contributed by atoms with E-state index in [0.717, 1.165) is 0 Å². The van der Waals surface area contributed by atoms with Crippen LogP contribution < -0.4 is 4.74 Å². The third-order valence-electron chi connectivity index (χ3n) is 2.72. The number of hydrogen-bond acceptors (Lipinski definition) is 1. The van der Waals surface area contributed by atoms with Gasteiger partial charge < -0.3 is 4.74 Å². The first-order valence-corrected chi connectivity index (χ1v) is 7.06. The largest absolute Gasteiger partial charge is 0.495 e. The number of ether oxygens (including phenoxy) is 1. The molecule has 1 unspecified atom stereocenters. The summed E-state index contributed by atoms with van der Waals surface area (Å²) < 4.78 is 19.5. The highest BCUT2D eigenvalue weighted by atomic mass is 79.9. The number of hydrogen-bond donors (Lipinski definition) is 0. The minimum atomic E-state index is -0.610. The van der Waals surface area contributed by atoms with Crippen molar-refractivity contribution in [2.45, 2.75) is 5.38 Å². The monoisotopic (exact) mass is 362 g/mol. The number of benzene rings is 2. The van der Waals surface area contributed by atoms with Gasteiger partial charge in [-0.1, -0.05) is 29.8 Å². The van der Waals surface area contributed by atoms with Gasteiger partial charge in [0.25, 0.3) is 0 Å². The molecule has 0 fully saturated rings. The maximum absolute atomic E-state index is 14.0. The van der Waals surface area contributed by atoms with Crippen LogP contribution in [0.3, 0.4) is 0 Å². The molecular formula is C14H10BrCl2FO. The average Bonchev–Trinajstić information content (AvgIpc) is 2.41. The first-order chi connectivity index (χ1) is 9.04. The summed E-state index contributed by atoms with van der Waals surface area (Å²) in [6, 6.07) is 10.2. The number of rotatable bonds is 3. The van der Waals surface area contributed by atoms with E-state index >= 15 is 0 Å². The van der Waals surface area contributed by atoms with Crippen molar-refractivity contribution in [3.05, 3.63) is 62.8 Å². The van der Waals surface area contributed by atoms with Crippen LogP contribution in [0.2, 0.25) is 5.02 Å². The highest BCUT2D eigenvalue weighted by Gasteiger charge is 2.18. The van der Waals surface area contributed by atoms with Crippen LogP contribution in [0.5, 0.6) is 5.75 Å². The molecule has 0 saturated heterocycles. The molecule has 0 radical (unpaired) electrons. The molecule has 0 heterocycles. The lowest BCUT2D eigenvalue weighted by Crippen LogP contribution is -1.98. The van der Waals surface area contributed by atoms with Gasteiger partial charge in [-0.3, -0.25) is 0 Å². The Morgan fingerprint density at radius 2 is 2.00 bits per heavy atom. The molecule has 0 aliphatic rings.